The first-order valence-corrected chi connectivity index (χ1v) is 6.89. The van der Waals surface area contributed by atoms with Gasteiger partial charge in [-0.05, 0) is 36.8 Å². The SMILES string of the molecule is Cc1cccc(Nc2ncc(-c3ccc(C(F)(F)F)cc3)o2)c1. The molecule has 0 fully saturated rings. The molecule has 0 aliphatic heterocycles. The Morgan fingerprint density at radius 3 is 2.43 bits per heavy atom. The predicted octanol–water partition coefficient (Wildman–Crippen LogP) is 5.41. The van der Waals surface area contributed by atoms with E-state index in [2.05, 4.69) is 10.3 Å². The van der Waals surface area contributed by atoms with Crippen molar-refractivity contribution in [2.75, 3.05) is 5.32 Å². The number of aromatic nitrogens is 1. The molecule has 1 N–H and O–H groups in total. The number of benzene rings is 2. The van der Waals surface area contributed by atoms with Gasteiger partial charge >= 0.3 is 6.18 Å². The summed E-state index contributed by atoms with van der Waals surface area (Å²) in [7, 11) is 0. The molecular formula is C17H13F3N2O. The number of hydrogen-bond donors (Lipinski definition) is 1. The lowest BCUT2D eigenvalue weighted by atomic mass is 10.1. The van der Waals surface area contributed by atoms with Crippen LogP contribution in [0.15, 0.2) is 59.1 Å². The van der Waals surface area contributed by atoms with Crippen LogP contribution in [0.4, 0.5) is 24.9 Å². The number of rotatable bonds is 3. The molecule has 0 aliphatic carbocycles. The van der Waals surface area contributed by atoms with Gasteiger partial charge in [0.2, 0.25) is 0 Å². The van der Waals surface area contributed by atoms with Crippen molar-refractivity contribution in [2.45, 2.75) is 13.1 Å². The summed E-state index contributed by atoms with van der Waals surface area (Å²) in [5.41, 5.74) is 1.75. The summed E-state index contributed by atoms with van der Waals surface area (Å²) in [5, 5.41) is 3.01. The van der Waals surface area contributed by atoms with Gasteiger partial charge in [-0.1, -0.05) is 24.3 Å². The Bertz CT molecular complexity index is 807. The highest BCUT2D eigenvalue weighted by molar-refractivity contribution is 5.60. The smallest absolute Gasteiger partial charge is 0.416 e. The number of halogens is 3. The van der Waals surface area contributed by atoms with Gasteiger partial charge in [-0.2, -0.15) is 13.2 Å². The van der Waals surface area contributed by atoms with E-state index in [1.54, 1.807) is 0 Å². The van der Waals surface area contributed by atoms with Crippen LogP contribution in [-0.2, 0) is 6.18 Å². The molecule has 0 amide bonds. The van der Waals surface area contributed by atoms with Crippen LogP contribution in [0, 0.1) is 6.92 Å². The molecule has 0 bridgehead atoms. The lowest BCUT2D eigenvalue weighted by Gasteiger charge is -2.06. The van der Waals surface area contributed by atoms with E-state index in [9.17, 15) is 13.2 Å². The molecule has 6 heteroatoms. The molecule has 118 valence electrons. The van der Waals surface area contributed by atoms with Crippen molar-refractivity contribution >= 4 is 11.7 Å². The number of anilines is 2. The van der Waals surface area contributed by atoms with Crippen LogP contribution in [-0.4, -0.2) is 4.98 Å². The summed E-state index contributed by atoms with van der Waals surface area (Å²) >= 11 is 0. The van der Waals surface area contributed by atoms with Gasteiger partial charge < -0.3 is 9.73 Å². The average Bonchev–Trinajstić information content (AvgIpc) is 2.95. The van der Waals surface area contributed by atoms with Crippen molar-refractivity contribution in [2.24, 2.45) is 0 Å². The number of alkyl halides is 3. The fourth-order valence-corrected chi connectivity index (χ4v) is 2.14. The summed E-state index contributed by atoms with van der Waals surface area (Å²) in [6.45, 7) is 1.97. The van der Waals surface area contributed by atoms with Crippen LogP contribution in [0.1, 0.15) is 11.1 Å². The van der Waals surface area contributed by atoms with E-state index in [0.29, 0.717) is 11.3 Å². The Morgan fingerprint density at radius 2 is 1.78 bits per heavy atom. The average molecular weight is 318 g/mol. The molecule has 0 unspecified atom stereocenters. The minimum Gasteiger partial charge on any atom is -0.423 e. The van der Waals surface area contributed by atoms with Gasteiger partial charge in [-0.25, -0.2) is 4.98 Å². The summed E-state index contributed by atoms with van der Waals surface area (Å²) < 4.78 is 43.2. The topological polar surface area (TPSA) is 38.1 Å². The van der Waals surface area contributed by atoms with Gasteiger partial charge in [0.05, 0.1) is 11.8 Å². The number of oxazole rings is 1. The highest BCUT2D eigenvalue weighted by atomic mass is 19.4. The van der Waals surface area contributed by atoms with E-state index in [-0.39, 0.29) is 6.01 Å². The monoisotopic (exact) mass is 318 g/mol. The molecule has 3 nitrogen and oxygen atoms in total. The van der Waals surface area contributed by atoms with Gasteiger partial charge in [-0.15, -0.1) is 0 Å². The molecule has 0 saturated carbocycles. The largest absolute Gasteiger partial charge is 0.423 e. The summed E-state index contributed by atoms with van der Waals surface area (Å²) in [4.78, 5) is 4.09. The van der Waals surface area contributed by atoms with Crippen LogP contribution >= 0.6 is 0 Å². The molecule has 0 atom stereocenters. The van der Waals surface area contributed by atoms with E-state index in [4.69, 9.17) is 4.42 Å². The van der Waals surface area contributed by atoms with Gasteiger partial charge in [-0.3, -0.25) is 0 Å². The Labute approximate surface area is 130 Å². The highest BCUT2D eigenvalue weighted by Crippen LogP contribution is 2.31. The molecule has 3 rings (SSSR count). The molecule has 23 heavy (non-hydrogen) atoms. The summed E-state index contributed by atoms with van der Waals surface area (Å²) in [6.07, 6.45) is -2.88. The molecule has 0 spiro atoms. The molecule has 3 aromatic rings. The Kier molecular flexibility index (Phi) is 3.82. The van der Waals surface area contributed by atoms with Crippen molar-refractivity contribution in [3.8, 4) is 11.3 Å². The maximum Gasteiger partial charge on any atom is 0.416 e. The van der Waals surface area contributed by atoms with Gasteiger partial charge in [0.15, 0.2) is 5.76 Å². The van der Waals surface area contributed by atoms with Crippen molar-refractivity contribution in [3.63, 3.8) is 0 Å². The Balaban J connectivity index is 1.79. The first-order valence-electron chi connectivity index (χ1n) is 6.89. The number of hydrogen-bond acceptors (Lipinski definition) is 3. The molecule has 0 aliphatic rings. The molecule has 1 aromatic heterocycles. The van der Waals surface area contributed by atoms with Crippen molar-refractivity contribution in [3.05, 3.63) is 65.9 Å². The fourth-order valence-electron chi connectivity index (χ4n) is 2.14. The normalized spacial score (nSPS) is 11.5. The molecule has 0 radical (unpaired) electrons. The number of aryl methyl sites for hydroxylation is 1. The maximum absolute atomic E-state index is 12.6. The first-order chi connectivity index (χ1) is 10.9. The summed E-state index contributed by atoms with van der Waals surface area (Å²) in [6, 6.07) is 12.7. The third-order valence-electron chi connectivity index (χ3n) is 3.27. The molecule has 1 heterocycles. The second-order valence-corrected chi connectivity index (χ2v) is 5.10. The summed E-state index contributed by atoms with van der Waals surface area (Å²) in [5.74, 6) is 0.397. The first kappa shape index (κ1) is 15.1. The maximum atomic E-state index is 12.6. The second-order valence-electron chi connectivity index (χ2n) is 5.10. The quantitative estimate of drug-likeness (QED) is 0.701. The van der Waals surface area contributed by atoms with E-state index in [1.165, 1.54) is 18.3 Å². The zero-order valence-corrected chi connectivity index (χ0v) is 12.2. The second kappa shape index (κ2) is 5.79. The molecular weight excluding hydrogens is 305 g/mol. The molecule has 2 aromatic carbocycles. The number of nitrogens with zero attached hydrogens (tertiary/aromatic N) is 1. The van der Waals surface area contributed by atoms with Crippen LogP contribution < -0.4 is 5.32 Å². The third-order valence-corrected chi connectivity index (χ3v) is 3.27. The van der Waals surface area contributed by atoms with Gasteiger partial charge in [0.25, 0.3) is 6.01 Å². The Hall–Kier alpha value is -2.76. The van der Waals surface area contributed by atoms with Gasteiger partial charge in [0.1, 0.15) is 0 Å². The van der Waals surface area contributed by atoms with E-state index in [1.807, 2.05) is 31.2 Å². The zero-order chi connectivity index (χ0) is 16.4. The standard InChI is InChI=1S/C17H13F3N2O/c1-11-3-2-4-14(9-11)22-16-21-10-15(23-16)12-5-7-13(8-6-12)17(18,19)20/h2-10H,1H3,(H,21,22). The van der Waals surface area contributed by atoms with Gasteiger partial charge in [0, 0.05) is 11.3 Å². The number of nitrogens with one attached hydrogen (secondary N) is 1. The van der Waals surface area contributed by atoms with Crippen LogP contribution in [0.25, 0.3) is 11.3 Å². The lowest BCUT2D eigenvalue weighted by molar-refractivity contribution is -0.137. The Morgan fingerprint density at radius 1 is 1.04 bits per heavy atom. The highest BCUT2D eigenvalue weighted by Gasteiger charge is 2.30. The van der Waals surface area contributed by atoms with Crippen LogP contribution in [0.3, 0.4) is 0 Å². The van der Waals surface area contributed by atoms with Crippen molar-refractivity contribution < 1.29 is 17.6 Å². The van der Waals surface area contributed by atoms with Crippen LogP contribution in [0.2, 0.25) is 0 Å². The van der Waals surface area contributed by atoms with E-state index < -0.39 is 11.7 Å². The van der Waals surface area contributed by atoms with Crippen molar-refractivity contribution in [1.82, 2.24) is 4.98 Å². The minimum atomic E-state index is -4.35. The fraction of sp³-hybridized carbons (Fsp3) is 0.118. The predicted molar refractivity (Wildman–Crippen MR) is 81.4 cm³/mol. The lowest BCUT2D eigenvalue weighted by Crippen LogP contribution is -2.03. The zero-order valence-electron chi connectivity index (χ0n) is 12.2. The molecule has 0 saturated heterocycles. The van der Waals surface area contributed by atoms with Crippen molar-refractivity contribution in [1.29, 1.82) is 0 Å². The van der Waals surface area contributed by atoms with Crippen LogP contribution in [0.5, 0.6) is 0 Å². The van der Waals surface area contributed by atoms with E-state index in [0.717, 1.165) is 23.4 Å². The van der Waals surface area contributed by atoms with E-state index >= 15 is 0 Å². The minimum absolute atomic E-state index is 0.283. The third kappa shape index (κ3) is 3.53.